The Morgan fingerprint density at radius 1 is 0.333 bits per heavy atom. The van der Waals surface area contributed by atoms with E-state index in [1.807, 2.05) is 0 Å². The fraction of sp³-hybridized carbons (Fsp3) is 1.00. The van der Waals surface area contributed by atoms with Crippen molar-refractivity contribution in [3.05, 3.63) is 0 Å². The Morgan fingerprint density at radius 3 is 1.10 bits per heavy atom. The van der Waals surface area contributed by atoms with Gasteiger partial charge in [0.2, 0.25) is 0 Å². The molecule has 0 spiro atoms. The Hall–Kier alpha value is -0.160. The molecule has 8 rings (SSSR count). The Bertz CT molecular complexity index is 747. The first-order chi connectivity index (χ1) is 20.9. The highest BCUT2D eigenvalue weighted by Gasteiger charge is 2.58. The van der Waals surface area contributed by atoms with E-state index in [9.17, 15) is 0 Å². The molecule has 0 radical (unpaired) electrons. The first-order valence-corrected chi connectivity index (χ1v) is 19.8. The van der Waals surface area contributed by atoms with Crippen LogP contribution in [0.25, 0.3) is 0 Å². The van der Waals surface area contributed by atoms with Crippen molar-refractivity contribution >= 4 is 0 Å². The van der Waals surface area contributed by atoms with E-state index in [-0.39, 0.29) is 0 Å². The molecule has 4 heteroatoms. The van der Waals surface area contributed by atoms with Crippen LogP contribution in [0.2, 0.25) is 0 Å². The summed E-state index contributed by atoms with van der Waals surface area (Å²) in [6.45, 7) is 5.05. The number of hydrogen-bond donors (Lipinski definition) is 2. The summed E-state index contributed by atoms with van der Waals surface area (Å²) in [5.41, 5.74) is 0. The van der Waals surface area contributed by atoms with E-state index in [1.165, 1.54) is 116 Å². The van der Waals surface area contributed by atoms with Gasteiger partial charge in [-0.1, -0.05) is 38.5 Å². The van der Waals surface area contributed by atoms with Crippen LogP contribution in [0.4, 0.5) is 0 Å². The molecule has 2 N–H and O–H groups in total. The lowest BCUT2D eigenvalue weighted by atomic mass is 9.46. The summed E-state index contributed by atoms with van der Waals surface area (Å²) in [4.78, 5) is 6.60. The van der Waals surface area contributed by atoms with Crippen molar-refractivity contribution in [2.24, 2.45) is 35.5 Å². The van der Waals surface area contributed by atoms with Crippen molar-refractivity contribution in [1.29, 1.82) is 0 Å². The van der Waals surface area contributed by atoms with Crippen molar-refractivity contribution in [2.45, 2.75) is 178 Å². The van der Waals surface area contributed by atoms with Gasteiger partial charge in [-0.15, -0.1) is 0 Å². The zero-order valence-corrected chi connectivity index (χ0v) is 27.2. The van der Waals surface area contributed by atoms with Gasteiger partial charge in [0.1, 0.15) is 0 Å². The van der Waals surface area contributed by atoms with Gasteiger partial charge < -0.3 is 10.6 Å². The van der Waals surface area contributed by atoms with Gasteiger partial charge in [-0.3, -0.25) is 9.80 Å². The molecule has 8 aliphatic rings. The molecule has 0 aromatic carbocycles. The monoisotopic (exact) mass is 579 g/mol. The Kier molecular flexibility index (Phi) is 9.26. The van der Waals surface area contributed by atoms with Crippen molar-refractivity contribution in [3.8, 4) is 0 Å². The van der Waals surface area contributed by atoms with Crippen LogP contribution < -0.4 is 10.6 Å². The normalized spacial score (nSPS) is 43.0. The lowest BCUT2D eigenvalue weighted by Crippen LogP contribution is -2.65. The van der Waals surface area contributed by atoms with Crippen LogP contribution in [0.1, 0.15) is 141 Å². The molecular formula is C38H66N4. The number of piperidine rings is 2. The van der Waals surface area contributed by atoms with Gasteiger partial charge in [-0.05, 0) is 164 Å². The third-order valence-corrected chi connectivity index (χ3v) is 15.1. The molecule has 2 saturated heterocycles. The maximum absolute atomic E-state index is 3.73. The Labute approximate surface area is 259 Å². The molecule has 238 valence electrons. The van der Waals surface area contributed by atoms with Crippen LogP contribution in [0.5, 0.6) is 0 Å². The molecule has 4 nitrogen and oxygen atoms in total. The number of hydrogen-bond acceptors (Lipinski definition) is 4. The Morgan fingerprint density at radius 2 is 0.690 bits per heavy atom. The molecular weight excluding hydrogens is 512 g/mol. The zero-order valence-electron chi connectivity index (χ0n) is 27.2. The first-order valence-electron chi connectivity index (χ1n) is 19.8. The van der Waals surface area contributed by atoms with Gasteiger partial charge in [0, 0.05) is 36.3 Å². The molecule has 8 atom stereocenters. The van der Waals surface area contributed by atoms with Crippen molar-refractivity contribution in [3.63, 3.8) is 0 Å². The lowest BCUT2D eigenvalue weighted by molar-refractivity contribution is -0.148. The molecule has 8 unspecified atom stereocenters. The van der Waals surface area contributed by atoms with Gasteiger partial charge >= 0.3 is 0 Å². The molecule has 2 aliphatic heterocycles. The largest absolute Gasteiger partial charge is 0.317 e. The minimum Gasteiger partial charge on any atom is -0.317 e. The summed E-state index contributed by atoms with van der Waals surface area (Å²) in [7, 11) is 0. The standard InChI is InChI=1S/C38H66N4/c1-3-7-29(8-4-1)41(31-19-23-39-24-20-31)35-17-13-27-11-12-28-14-18-36(34-16-15-33(35)37(27)38(28)34)42(30-9-5-2-6-10-30)32-21-25-40-26-22-32/h27-40H,1-26H2. The van der Waals surface area contributed by atoms with Crippen molar-refractivity contribution in [1.82, 2.24) is 20.4 Å². The predicted octanol–water partition coefficient (Wildman–Crippen LogP) is 7.37. The molecule has 0 aromatic heterocycles. The predicted molar refractivity (Wildman–Crippen MR) is 175 cm³/mol. The lowest BCUT2D eigenvalue weighted by Gasteiger charge is -2.64. The van der Waals surface area contributed by atoms with E-state index in [0.717, 1.165) is 71.8 Å². The highest BCUT2D eigenvalue weighted by Crippen LogP contribution is 2.62. The molecule has 0 aromatic rings. The van der Waals surface area contributed by atoms with E-state index in [0.29, 0.717) is 0 Å². The van der Waals surface area contributed by atoms with Gasteiger partial charge in [0.15, 0.2) is 0 Å². The topological polar surface area (TPSA) is 30.5 Å². The minimum absolute atomic E-state index is 0.869. The van der Waals surface area contributed by atoms with Crippen LogP contribution in [-0.4, -0.2) is 72.2 Å². The second kappa shape index (κ2) is 13.3. The van der Waals surface area contributed by atoms with E-state index >= 15 is 0 Å². The van der Waals surface area contributed by atoms with Crippen LogP contribution in [0.15, 0.2) is 0 Å². The molecule has 8 fully saturated rings. The van der Waals surface area contributed by atoms with Gasteiger partial charge in [-0.2, -0.15) is 0 Å². The summed E-state index contributed by atoms with van der Waals surface area (Å²) >= 11 is 0. The zero-order chi connectivity index (χ0) is 27.9. The third kappa shape index (κ3) is 5.57. The van der Waals surface area contributed by atoms with E-state index in [2.05, 4.69) is 20.4 Å². The molecule has 2 heterocycles. The van der Waals surface area contributed by atoms with Crippen LogP contribution in [0.3, 0.4) is 0 Å². The van der Waals surface area contributed by atoms with Crippen LogP contribution in [0, 0.1) is 35.5 Å². The van der Waals surface area contributed by atoms with Gasteiger partial charge in [0.25, 0.3) is 0 Å². The SMILES string of the molecule is C1CCC(N(C2CCNCC2)C2CCC3CCC4CCC(N(C5CCCCC5)C5CCNCC5)C5CCC2C3C45)CC1. The molecule has 42 heavy (non-hydrogen) atoms. The third-order valence-electron chi connectivity index (χ3n) is 15.1. The quantitative estimate of drug-likeness (QED) is 0.345. The average molecular weight is 579 g/mol. The number of rotatable bonds is 6. The summed E-state index contributed by atoms with van der Waals surface area (Å²) in [6.07, 6.45) is 33.2. The molecule has 6 saturated carbocycles. The van der Waals surface area contributed by atoms with E-state index in [4.69, 9.17) is 0 Å². The van der Waals surface area contributed by atoms with E-state index in [1.54, 1.807) is 51.4 Å². The molecule has 0 amide bonds. The second-order valence-corrected chi connectivity index (χ2v) is 16.9. The summed E-state index contributed by atoms with van der Waals surface area (Å²) < 4.78 is 0. The fourth-order valence-electron chi connectivity index (χ4n) is 13.6. The highest BCUT2D eigenvalue weighted by atomic mass is 15.2. The number of nitrogens with one attached hydrogen (secondary N) is 2. The average Bonchev–Trinajstić information content (AvgIpc) is 3.07. The van der Waals surface area contributed by atoms with Gasteiger partial charge in [-0.25, -0.2) is 0 Å². The summed E-state index contributed by atoms with van der Waals surface area (Å²) in [5, 5.41) is 7.45. The second-order valence-electron chi connectivity index (χ2n) is 16.9. The smallest absolute Gasteiger partial charge is 0.0132 e. The van der Waals surface area contributed by atoms with Crippen LogP contribution >= 0.6 is 0 Å². The first kappa shape index (κ1) is 29.3. The Balaban J connectivity index is 1.08. The maximum Gasteiger partial charge on any atom is 0.0132 e. The molecule has 6 aliphatic carbocycles. The molecule has 0 bridgehead atoms. The summed E-state index contributed by atoms with van der Waals surface area (Å²) in [6, 6.07) is 5.37. The van der Waals surface area contributed by atoms with Crippen molar-refractivity contribution < 1.29 is 0 Å². The minimum atomic E-state index is 0.869. The summed E-state index contributed by atoms with van der Waals surface area (Å²) in [5.74, 6) is 6.31. The van der Waals surface area contributed by atoms with E-state index < -0.39 is 0 Å². The van der Waals surface area contributed by atoms with Crippen molar-refractivity contribution in [2.75, 3.05) is 26.2 Å². The van der Waals surface area contributed by atoms with Gasteiger partial charge in [0.05, 0.1) is 0 Å². The maximum atomic E-state index is 3.73. The highest BCUT2D eigenvalue weighted by molar-refractivity contribution is 5.09. The van der Waals surface area contributed by atoms with Crippen LogP contribution in [-0.2, 0) is 0 Å². The number of nitrogens with zero attached hydrogens (tertiary/aromatic N) is 2. The fourth-order valence-corrected chi connectivity index (χ4v) is 13.6.